The molecule has 1 atom stereocenters. The first kappa shape index (κ1) is 15.1. The van der Waals surface area contributed by atoms with Crippen LogP contribution < -0.4 is 5.32 Å². The predicted octanol–water partition coefficient (Wildman–Crippen LogP) is 2.76. The molecule has 1 N–H and O–H groups in total. The maximum atomic E-state index is 4.43. The molecule has 5 heteroatoms. The minimum absolute atomic E-state index is 0.512. The van der Waals surface area contributed by atoms with E-state index in [1.165, 1.54) is 17.9 Å². The second-order valence-corrected chi connectivity index (χ2v) is 6.18. The van der Waals surface area contributed by atoms with Crippen LogP contribution in [0, 0.1) is 6.92 Å². The summed E-state index contributed by atoms with van der Waals surface area (Å²) in [5.41, 5.74) is 2.34. The molecule has 0 amide bonds. The molecule has 98 valence electrons. The molecule has 17 heavy (non-hydrogen) atoms. The highest BCUT2D eigenvalue weighted by Crippen LogP contribution is 2.22. The number of aryl methyl sites for hydroxylation is 2. The highest BCUT2D eigenvalue weighted by Gasteiger charge is 2.15. The Morgan fingerprint density at radius 1 is 1.53 bits per heavy atom. The summed E-state index contributed by atoms with van der Waals surface area (Å²) in [4.78, 5) is 0. The Morgan fingerprint density at radius 2 is 2.24 bits per heavy atom. The zero-order valence-corrected chi connectivity index (χ0v) is 13.5. The van der Waals surface area contributed by atoms with E-state index in [-0.39, 0.29) is 0 Å². The Bertz CT molecular complexity index is 352. The second kappa shape index (κ2) is 7.44. The molecule has 0 saturated carbocycles. The molecule has 0 bridgehead atoms. The lowest BCUT2D eigenvalue weighted by Crippen LogP contribution is -2.31. The summed E-state index contributed by atoms with van der Waals surface area (Å²) in [6.07, 6.45) is 2.26. The van der Waals surface area contributed by atoms with Gasteiger partial charge >= 0.3 is 0 Å². The number of nitrogens with zero attached hydrogens (tertiary/aromatic N) is 2. The van der Waals surface area contributed by atoms with Crippen LogP contribution in [0.15, 0.2) is 4.47 Å². The highest BCUT2D eigenvalue weighted by molar-refractivity contribution is 9.10. The molecule has 0 aliphatic carbocycles. The maximum Gasteiger partial charge on any atom is 0.0738 e. The van der Waals surface area contributed by atoms with Gasteiger partial charge in [0, 0.05) is 25.3 Å². The van der Waals surface area contributed by atoms with E-state index in [1.54, 1.807) is 0 Å². The largest absolute Gasteiger partial charge is 0.316 e. The van der Waals surface area contributed by atoms with Gasteiger partial charge in [-0.3, -0.25) is 4.68 Å². The quantitative estimate of drug-likeness (QED) is 0.784. The number of likely N-dealkylation sites (N-methyl/N-ethyl adjacent to an activating group) is 1. The van der Waals surface area contributed by atoms with Gasteiger partial charge in [-0.25, -0.2) is 0 Å². The van der Waals surface area contributed by atoms with Crippen molar-refractivity contribution < 1.29 is 0 Å². The van der Waals surface area contributed by atoms with Crippen LogP contribution in [0.5, 0.6) is 0 Å². The van der Waals surface area contributed by atoms with Crippen molar-refractivity contribution >= 4 is 27.7 Å². The van der Waals surface area contributed by atoms with Gasteiger partial charge in [-0.1, -0.05) is 6.92 Å². The molecule has 1 rings (SSSR count). The standard InChI is InChI=1S/C12H22BrN3S/c1-5-6-17-8-10(14-3)7-11-12(13)9(2)15-16(11)4/h10,14H,5-8H2,1-4H3. The van der Waals surface area contributed by atoms with E-state index < -0.39 is 0 Å². The monoisotopic (exact) mass is 319 g/mol. The minimum atomic E-state index is 0.512. The van der Waals surface area contributed by atoms with Crippen molar-refractivity contribution in [2.75, 3.05) is 18.6 Å². The van der Waals surface area contributed by atoms with Crippen LogP contribution in [-0.2, 0) is 13.5 Å². The normalized spacial score (nSPS) is 13.0. The van der Waals surface area contributed by atoms with Crippen molar-refractivity contribution in [1.29, 1.82) is 0 Å². The summed E-state index contributed by atoms with van der Waals surface area (Å²) in [5.74, 6) is 2.39. The maximum absolute atomic E-state index is 4.43. The summed E-state index contributed by atoms with van der Waals surface area (Å²) < 4.78 is 3.13. The number of aromatic nitrogens is 2. The van der Waals surface area contributed by atoms with Crippen molar-refractivity contribution in [3.8, 4) is 0 Å². The third-order valence-electron chi connectivity index (χ3n) is 2.78. The summed E-state index contributed by atoms with van der Waals surface area (Å²) in [6, 6.07) is 0.512. The number of hydrogen-bond donors (Lipinski definition) is 1. The van der Waals surface area contributed by atoms with Gasteiger partial charge in [0.25, 0.3) is 0 Å². The molecule has 0 aliphatic heterocycles. The third-order valence-corrected chi connectivity index (χ3v) is 5.14. The van der Waals surface area contributed by atoms with Crippen LogP contribution in [0.4, 0.5) is 0 Å². The number of hydrogen-bond acceptors (Lipinski definition) is 3. The van der Waals surface area contributed by atoms with Crippen molar-refractivity contribution in [2.24, 2.45) is 7.05 Å². The smallest absolute Gasteiger partial charge is 0.0738 e. The lowest BCUT2D eigenvalue weighted by molar-refractivity contribution is 0.580. The van der Waals surface area contributed by atoms with Gasteiger partial charge in [-0.15, -0.1) is 0 Å². The molecule has 1 unspecified atom stereocenters. The Kier molecular flexibility index (Phi) is 6.59. The first-order chi connectivity index (χ1) is 8.10. The van der Waals surface area contributed by atoms with Crippen molar-refractivity contribution in [1.82, 2.24) is 15.1 Å². The van der Waals surface area contributed by atoms with E-state index in [1.807, 2.05) is 37.5 Å². The molecule has 0 aromatic carbocycles. The second-order valence-electron chi connectivity index (χ2n) is 4.23. The molecule has 0 aliphatic rings. The molecule has 1 heterocycles. The molecule has 0 spiro atoms. The molecule has 1 aromatic heterocycles. The van der Waals surface area contributed by atoms with E-state index in [9.17, 15) is 0 Å². The van der Waals surface area contributed by atoms with Crippen LogP contribution in [0.1, 0.15) is 24.7 Å². The van der Waals surface area contributed by atoms with Crippen LogP contribution >= 0.6 is 27.7 Å². The average Bonchev–Trinajstić information content (AvgIpc) is 2.54. The molecule has 0 saturated heterocycles. The zero-order valence-electron chi connectivity index (χ0n) is 11.1. The van der Waals surface area contributed by atoms with Crippen LogP contribution in [-0.4, -0.2) is 34.4 Å². The summed E-state index contributed by atoms with van der Waals surface area (Å²) in [6.45, 7) is 4.26. The number of halogens is 1. The lowest BCUT2D eigenvalue weighted by Gasteiger charge is -2.16. The fraction of sp³-hybridized carbons (Fsp3) is 0.750. The van der Waals surface area contributed by atoms with Crippen molar-refractivity contribution in [3.63, 3.8) is 0 Å². The third kappa shape index (κ3) is 4.30. The Labute approximate surface area is 117 Å². The summed E-state index contributed by atoms with van der Waals surface area (Å²) in [5, 5.41) is 7.82. The van der Waals surface area contributed by atoms with Crippen LogP contribution in [0.25, 0.3) is 0 Å². The topological polar surface area (TPSA) is 29.9 Å². The molecule has 0 fully saturated rings. The fourth-order valence-electron chi connectivity index (χ4n) is 1.75. The van der Waals surface area contributed by atoms with Gasteiger partial charge in [0.05, 0.1) is 15.9 Å². The Balaban J connectivity index is 2.60. The van der Waals surface area contributed by atoms with Gasteiger partial charge in [0.1, 0.15) is 0 Å². The van der Waals surface area contributed by atoms with Gasteiger partial charge in [0.15, 0.2) is 0 Å². The number of nitrogens with one attached hydrogen (secondary N) is 1. The van der Waals surface area contributed by atoms with Gasteiger partial charge in [-0.05, 0) is 42.1 Å². The van der Waals surface area contributed by atoms with E-state index in [0.717, 1.165) is 22.3 Å². The first-order valence-electron chi connectivity index (χ1n) is 6.03. The molecular formula is C12H22BrN3S. The van der Waals surface area contributed by atoms with E-state index in [2.05, 4.69) is 33.3 Å². The molecule has 3 nitrogen and oxygen atoms in total. The fourth-order valence-corrected chi connectivity index (χ4v) is 3.27. The summed E-state index contributed by atoms with van der Waals surface area (Å²) >= 11 is 5.64. The van der Waals surface area contributed by atoms with Gasteiger partial charge in [-0.2, -0.15) is 16.9 Å². The van der Waals surface area contributed by atoms with Gasteiger partial charge < -0.3 is 5.32 Å². The van der Waals surface area contributed by atoms with E-state index in [4.69, 9.17) is 0 Å². The SMILES string of the molecule is CCCSCC(Cc1c(Br)c(C)nn1C)NC. The van der Waals surface area contributed by atoms with Crippen molar-refractivity contribution in [2.45, 2.75) is 32.7 Å². The molecular weight excluding hydrogens is 298 g/mol. The predicted molar refractivity (Wildman–Crippen MR) is 79.8 cm³/mol. The Morgan fingerprint density at radius 3 is 2.71 bits per heavy atom. The number of rotatable bonds is 7. The molecule has 1 aromatic rings. The number of thioether (sulfide) groups is 1. The van der Waals surface area contributed by atoms with Crippen LogP contribution in [0.2, 0.25) is 0 Å². The first-order valence-corrected chi connectivity index (χ1v) is 7.97. The molecule has 0 radical (unpaired) electrons. The van der Waals surface area contributed by atoms with E-state index >= 15 is 0 Å². The van der Waals surface area contributed by atoms with Gasteiger partial charge in [0.2, 0.25) is 0 Å². The Hall–Kier alpha value is -0.0000000000000000763. The van der Waals surface area contributed by atoms with E-state index in [0.29, 0.717) is 6.04 Å². The zero-order chi connectivity index (χ0) is 12.8. The summed E-state index contributed by atoms with van der Waals surface area (Å²) in [7, 11) is 4.05. The van der Waals surface area contributed by atoms with Crippen molar-refractivity contribution in [3.05, 3.63) is 15.9 Å². The highest BCUT2D eigenvalue weighted by atomic mass is 79.9. The lowest BCUT2D eigenvalue weighted by atomic mass is 10.2. The average molecular weight is 320 g/mol. The minimum Gasteiger partial charge on any atom is -0.316 e. The van der Waals surface area contributed by atoms with Crippen LogP contribution in [0.3, 0.4) is 0 Å².